The van der Waals surface area contributed by atoms with Crippen molar-refractivity contribution in [1.82, 2.24) is 10.3 Å². The van der Waals surface area contributed by atoms with Crippen molar-refractivity contribution in [2.24, 2.45) is 0 Å². The van der Waals surface area contributed by atoms with Crippen molar-refractivity contribution in [3.8, 4) is 5.75 Å². The summed E-state index contributed by atoms with van der Waals surface area (Å²) >= 11 is 0. The number of fused-ring (bicyclic) bond motifs is 2. The summed E-state index contributed by atoms with van der Waals surface area (Å²) in [6, 6.07) is 24.3. The van der Waals surface area contributed by atoms with Crippen molar-refractivity contribution in [1.29, 1.82) is 0 Å². The molecule has 1 unspecified atom stereocenters. The van der Waals surface area contributed by atoms with Crippen LogP contribution in [0.15, 0.2) is 79.0 Å². The average molecular weight is 382 g/mol. The van der Waals surface area contributed by atoms with E-state index < -0.39 is 0 Å². The van der Waals surface area contributed by atoms with Crippen LogP contribution in [0.3, 0.4) is 0 Å². The van der Waals surface area contributed by atoms with E-state index in [9.17, 15) is 4.79 Å². The number of carbonyl (C=O) groups excluding carboxylic acids is 1. The SMILES string of the molecule is O=C(NCC(c1ccccc1)c1c[nH]c2ccccc12)c1ccc2c(c1)CCO2. The molecule has 0 aliphatic carbocycles. The second-order valence-electron chi connectivity index (χ2n) is 7.38. The molecule has 4 nitrogen and oxygen atoms in total. The molecule has 0 radical (unpaired) electrons. The minimum atomic E-state index is -0.0551. The van der Waals surface area contributed by atoms with Crippen LogP contribution in [0.2, 0.25) is 0 Å². The van der Waals surface area contributed by atoms with Gasteiger partial charge in [-0.05, 0) is 41.0 Å². The second-order valence-corrected chi connectivity index (χ2v) is 7.38. The Morgan fingerprint density at radius 1 is 1.03 bits per heavy atom. The summed E-state index contributed by atoms with van der Waals surface area (Å²) < 4.78 is 5.54. The molecule has 0 bridgehead atoms. The number of ether oxygens (including phenoxy) is 1. The molecular formula is C25H22N2O2. The lowest BCUT2D eigenvalue weighted by atomic mass is 9.91. The molecule has 0 spiro atoms. The number of nitrogens with one attached hydrogen (secondary N) is 2. The van der Waals surface area contributed by atoms with Gasteiger partial charge in [0.25, 0.3) is 5.91 Å². The number of amides is 1. The molecule has 1 aliphatic heterocycles. The Morgan fingerprint density at radius 3 is 2.76 bits per heavy atom. The van der Waals surface area contributed by atoms with Gasteiger partial charge >= 0.3 is 0 Å². The largest absolute Gasteiger partial charge is 0.493 e. The van der Waals surface area contributed by atoms with E-state index in [0.717, 1.165) is 23.3 Å². The molecule has 5 rings (SSSR count). The number of aromatic nitrogens is 1. The first-order valence-corrected chi connectivity index (χ1v) is 9.94. The summed E-state index contributed by atoms with van der Waals surface area (Å²) in [5, 5.41) is 4.33. The van der Waals surface area contributed by atoms with Gasteiger partial charge in [-0.25, -0.2) is 0 Å². The molecule has 1 aromatic heterocycles. The zero-order valence-electron chi connectivity index (χ0n) is 16.0. The van der Waals surface area contributed by atoms with Crippen molar-refractivity contribution < 1.29 is 9.53 Å². The number of aromatic amines is 1. The van der Waals surface area contributed by atoms with Gasteiger partial charge in [-0.1, -0.05) is 48.5 Å². The molecule has 29 heavy (non-hydrogen) atoms. The Kier molecular flexibility index (Phi) is 4.53. The first kappa shape index (κ1) is 17.6. The molecule has 2 heterocycles. The monoisotopic (exact) mass is 382 g/mol. The predicted octanol–water partition coefficient (Wildman–Crippen LogP) is 4.66. The van der Waals surface area contributed by atoms with Gasteiger partial charge in [0.15, 0.2) is 0 Å². The highest BCUT2D eigenvalue weighted by atomic mass is 16.5. The van der Waals surface area contributed by atoms with Gasteiger partial charge in [0.2, 0.25) is 0 Å². The fraction of sp³-hybridized carbons (Fsp3) is 0.160. The van der Waals surface area contributed by atoms with Crippen LogP contribution < -0.4 is 10.1 Å². The molecule has 1 aliphatic rings. The summed E-state index contributed by atoms with van der Waals surface area (Å²) in [5.74, 6) is 0.900. The maximum Gasteiger partial charge on any atom is 0.251 e. The molecule has 1 atom stereocenters. The van der Waals surface area contributed by atoms with Crippen molar-refractivity contribution >= 4 is 16.8 Å². The van der Waals surface area contributed by atoms with Gasteiger partial charge in [-0.2, -0.15) is 0 Å². The fourth-order valence-electron chi connectivity index (χ4n) is 4.10. The number of para-hydroxylation sites is 1. The van der Waals surface area contributed by atoms with Crippen LogP contribution in [0.4, 0.5) is 0 Å². The van der Waals surface area contributed by atoms with Crippen LogP contribution in [0.25, 0.3) is 10.9 Å². The maximum absolute atomic E-state index is 12.9. The van der Waals surface area contributed by atoms with Crippen LogP contribution >= 0.6 is 0 Å². The Balaban J connectivity index is 1.42. The molecule has 4 heteroatoms. The zero-order valence-corrected chi connectivity index (χ0v) is 16.0. The summed E-state index contributed by atoms with van der Waals surface area (Å²) in [6.45, 7) is 1.22. The highest BCUT2D eigenvalue weighted by Crippen LogP contribution is 2.31. The Morgan fingerprint density at radius 2 is 1.86 bits per heavy atom. The molecule has 1 amide bonds. The molecule has 2 N–H and O–H groups in total. The normalized spacial score (nSPS) is 13.7. The standard InChI is InChI=1S/C25H22N2O2/c28-25(19-10-11-24-18(14-19)12-13-29-24)27-15-21(17-6-2-1-3-7-17)22-16-26-23-9-5-4-8-20(22)23/h1-11,14,16,21,26H,12-13,15H2,(H,27,28). The van der Waals surface area contributed by atoms with E-state index in [2.05, 4.69) is 40.8 Å². The van der Waals surface area contributed by atoms with Crippen LogP contribution in [0.5, 0.6) is 5.75 Å². The number of rotatable bonds is 5. The summed E-state index contributed by atoms with van der Waals surface area (Å²) in [7, 11) is 0. The van der Waals surface area contributed by atoms with Crippen molar-refractivity contribution in [3.63, 3.8) is 0 Å². The van der Waals surface area contributed by atoms with E-state index in [1.807, 2.05) is 48.5 Å². The van der Waals surface area contributed by atoms with Gasteiger partial charge in [0.05, 0.1) is 6.61 Å². The number of carbonyl (C=O) groups is 1. The summed E-state index contributed by atoms with van der Waals surface area (Å²) in [6.07, 6.45) is 2.92. The second kappa shape index (κ2) is 7.47. The molecule has 4 aromatic rings. The molecule has 0 saturated carbocycles. The molecule has 0 fully saturated rings. The lowest BCUT2D eigenvalue weighted by Crippen LogP contribution is -2.29. The lowest BCUT2D eigenvalue weighted by molar-refractivity contribution is 0.0952. The number of benzene rings is 3. The fourth-order valence-corrected chi connectivity index (χ4v) is 4.10. The first-order chi connectivity index (χ1) is 14.3. The third-order valence-corrected chi connectivity index (χ3v) is 5.62. The smallest absolute Gasteiger partial charge is 0.251 e. The third kappa shape index (κ3) is 3.38. The highest BCUT2D eigenvalue weighted by molar-refractivity contribution is 5.94. The summed E-state index contributed by atoms with van der Waals surface area (Å²) in [5.41, 5.74) is 5.26. The minimum absolute atomic E-state index is 0.0551. The maximum atomic E-state index is 12.9. The van der Waals surface area contributed by atoms with E-state index >= 15 is 0 Å². The van der Waals surface area contributed by atoms with Crippen LogP contribution in [-0.4, -0.2) is 24.0 Å². The molecule has 144 valence electrons. The lowest BCUT2D eigenvalue weighted by Gasteiger charge is -2.18. The summed E-state index contributed by atoms with van der Waals surface area (Å²) in [4.78, 5) is 16.2. The minimum Gasteiger partial charge on any atom is -0.493 e. The zero-order chi connectivity index (χ0) is 19.6. The Bertz CT molecular complexity index is 1160. The predicted molar refractivity (Wildman–Crippen MR) is 115 cm³/mol. The van der Waals surface area contributed by atoms with Gasteiger partial charge in [0.1, 0.15) is 5.75 Å². The molecular weight excluding hydrogens is 360 g/mol. The van der Waals surface area contributed by atoms with Crippen LogP contribution in [0, 0.1) is 0 Å². The highest BCUT2D eigenvalue weighted by Gasteiger charge is 2.20. The van der Waals surface area contributed by atoms with Gasteiger partial charge in [-0.15, -0.1) is 0 Å². The van der Waals surface area contributed by atoms with E-state index in [1.54, 1.807) is 0 Å². The first-order valence-electron chi connectivity index (χ1n) is 9.94. The number of hydrogen-bond acceptors (Lipinski definition) is 2. The van der Waals surface area contributed by atoms with Crippen LogP contribution in [0.1, 0.15) is 33.0 Å². The number of H-pyrrole nitrogens is 1. The quantitative estimate of drug-likeness (QED) is 0.527. The van der Waals surface area contributed by atoms with E-state index in [4.69, 9.17) is 4.74 Å². The Labute approximate surface area is 169 Å². The van der Waals surface area contributed by atoms with Crippen LogP contribution in [-0.2, 0) is 6.42 Å². The average Bonchev–Trinajstić information content (AvgIpc) is 3.41. The van der Waals surface area contributed by atoms with Gasteiger partial charge in [0, 0.05) is 41.5 Å². The third-order valence-electron chi connectivity index (χ3n) is 5.62. The van der Waals surface area contributed by atoms with E-state index in [-0.39, 0.29) is 11.8 Å². The molecule has 0 saturated heterocycles. The van der Waals surface area contributed by atoms with Crippen molar-refractivity contribution in [2.45, 2.75) is 12.3 Å². The van der Waals surface area contributed by atoms with Crippen molar-refractivity contribution in [3.05, 3.63) is 101 Å². The Hall–Kier alpha value is -3.53. The van der Waals surface area contributed by atoms with Gasteiger partial charge in [-0.3, -0.25) is 4.79 Å². The van der Waals surface area contributed by atoms with Gasteiger partial charge < -0.3 is 15.0 Å². The number of hydrogen-bond donors (Lipinski definition) is 2. The van der Waals surface area contributed by atoms with E-state index in [1.165, 1.54) is 16.5 Å². The molecule has 3 aromatic carbocycles. The van der Waals surface area contributed by atoms with E-state index in [0.29, 0.717) is 18.7 Å². The topological polar surface area (TPSA) is 54.1 Å². The van der Waals surface area contributed by atoms with Crippen molar-refractivity contribution in [2.75, 3.05) is 13.2 Å².